The Bertz CT molecular complexity index is 1350. The molecule has 1 rings (SSSR count). The van der Waals surface area contributed by atoms with E-state index in [-0.39, 0.29) is 12.5 Å². The van der Waals surface area contributed by atoms with Gasteiger partial charge in [0.25, 0.3) is 0 Å². The number of carbonyl (C=O) groups excluding carboxylic acids is 1. The summed E-state index contributed by atoms with van der Waals surface area (Å²) in [4.78, 5) is 13.1. The van der Waals surface area contributed by atoms with Gasteiger partial charge < -0.3 is 35.2 Å². The SMILES string of the molecule is CCCCCCCCCCCCCCCC/C=C\CCCCCCCCCCCCCCCCCCCC(=O)NC(COC1OC(CO)C(O)C(OS(=O)(=O)O)C1O)C(O)CCCCCCCCCCCCCC. The van der Waals surface area contributed by atoms with Crippen molar-refractivity contribution in [3.8, 4) is 0 Å². The first-order valence-corrected chi connectivity index (χ1v) is 32.9. The van der Waals surface area contributed by atoms with Crippen molar-refractivity contribution in [1.29, 1.82) is 0 Å². The van der Waals surface area contributed by atoms with E-state index in [9.17, 15) is 38.2 Å². The number of hydrogen-bond donors (Lipinski definition) is 6. The smallest absolute Gasteiger partial charge is 0.394 e. The van der Waals surface area contributed by atoms with Crippen LogP contribution in [0.1, 0.15) is 316 Å². The zero-order valence-electron chi connectivity index (χ0n) is 47.9. The molecule has 440 valence electrons. The van der Waals surface area contributed by atoms with Crippen molar-refractivity contribution < 1.29 is 51.8 Å². The van der Waals surface area contributed by atoms with E-state index in [4.69, 9.17) is 9.47 Å². The van der Waals surface area contributed by atoms with Gasteiger partial charge in [-0.3, -0.25) is 9.35 Å². The summed E-state index contributed by atoms with van der Waals surface area (Å²) in [6.07, 6.45) is 54.1. The summed E-state index contributed by atoms with van der Waals surface area (Å²) in [6.45, 7) is 3.48. The quantitative estimate of drug-likeness (QED) is 0.0193. The van der Waals surface area contributed by atoms with Gasteiger partial charge in [0.15, 0.2) is 6.29 Å². The highest BCUT2D eigenvalue weighted by molar-refractivity contribution is 7.80. The van der Waals surface area contributed by atoms with Crippen LogP contribution in [-0.2, 0) is 28.9 Å². The molecule has 0 aromatic rings. The summed E-state index contributed by atoms with van der Waals surface area (Å²) in [6, 6.07) is -0.854. The Hall–Kier alpha value is -1.16. The Balaban J connectivity index is 2.15. The third-order valence-corrected chi connectivity index (χ3v) is 15.8. The van der Waals surface area contributed by atoms with E-state index in [0.29, 0.717) is 12.8 Å². The normalized spacial score (nSPS) is 19.1. The molecule has 74 heavy (non-hydrogen) atoms. The second-order valence-corrected chi connectivity index (χ2v) is 23.4. The van der Waals surface area contributed by atoms with Gasteiger partial charge >= 0.3 is 10.4 Å². The molecule has 7 unspecified atom stereocenters. The first kappa shape index (κ1) is 70.9. The molecule has 1 amide bonds. The fourth-order valence-electron chi connectivity index (χ4n) is 10.5. The van der Waals surface area contributed by atoms with E-state index in [1.807, 2.05) is 0 Å². The van der Waals surface area contributed by atoms with Gasteiger partial charge in [-0.05, 0) is 38.5 Å². The fourth-order valence-corrected chi connectivity index (χ4v) is 11.0. The molecule has 0 saturated carbocycles. The van der Waals surface area contributed by atoms with E-state index >= 15 is 0 Å². The number of ether oxygens (including phenoxy) is 2. The molecule has 6 N–H and O–H groups in total. The minimum absolute atomic E-state index is 0.225. The molecule has 1 aliphatic heterocycles. The van der Waals surface area contributed by atoms with Crippen molar-refractivity contribution in [1.82, 2.24) is 5.32 Å². The van der Waals surface area contributed by atoms with Crippen molar-refractivity contribution in [2.24, 2.45) is 0 Å². The molecule has 0 spiro atoms. The fraction of sp³-hybridized carbons (Fsp3) is 0.951. The van der Waals surface area contributed by atoms with Gasteiger partial charge in [-0.1, -0.05) is 283 Å². The van der Waals surface area contributed by atoms with Crippen LogP contribution in [0.25, 0.3) is 0 Å². The molecule has 0 aromatic heterocycles. The number of aliphatic hydroxyl groups excluding tert-OH is 4. The summed E-state index contributed by atoms with van der Waals surface area (Å²) < 4.78 is 47.9. The van der Waals surface area contributed by atoms with Crippen LogP contribution in [0.3, 0.4) is 0 Å². The minimum Gasteiger partial charge on any atom is -0.394 e. The van der Waals surface area contributed by atoms with E-state index in [0.717, 1.165) is 51.4 Å². The van der Waals surface area contributed by atoms with Crippen LogP contribution in [0.2, 0.25) is 0 Å². The highest BCUT2D eigenvalue weighted by Crippen LogP contribution is 2.26. The second-order valence-electron chi connectivity index (χ2n) is 22.4. The van der Waals surface area contributed by atoms with Crippen LogP contribution in [0, 0.1) is 0 Å². The minimum atomic E-state index is -5.08. The predicted octanol–water partition coefficient (Wildman–Crippen LogP) is 15.4. The van der Waals surface area contributed by atoms with Crippen molar-refractivity contribution in [3.05, 3.63) is 12.2 Å². The van der Waals surface area contributed by atoms with Gasteiger partial charge in [0.2, 0.25) is 5.91 Å². The molecule has 1 aliphatic rings. The van der Waals surface area contributed by atoms with Crippen LogP contribution in [0.4, 0.5) is 0 Å². The maximum absolute atomic E-state index is 13.1. The summed E-state index contributed by atoms with van der Waals surface area (Å²) in [5.74, 6) is -0.225. The number of rotatable bonds is 56. The Morgan fingerprint density at radius 3 is 1.22 bits per heavy atom. The van der Waals surface area contributed by atoms with Crippen molar-refractivity contribution in [3.63, 3.8) is 0 Å². The number of aliphatic hydroxyl groups is 4. The van der Waals surface area contributed by atoms with E-state index in [1.165, 1.54) is 238 Å². The molecular weight excluding hydrogens is 955 g/mol. The third-order valence-electron chi connectivity index (χ3n) is 15.3. The molecule has 0 aliphatic carbocycles. The summed E-state index contributed by atoms with van der Waals surface area (Å²) in [5, 5.41) is 45.0. The third kappa shape index (κ3) is 42.8. The first-order chi connectivity index (χ1) is 36.0. The lowest BCUT2D eigenvalue weighted by Gasteiger charge is -2.41. The average molecular weight is 1070 g/mol. The van der Waals surface area contributed by atoms with E-state index < -0.39 is 59.9 Å². The number of amides is 1. The number of allylic oxidation sites excluding steroid dienone is 2. The van der Waals surface area contributed by atoms with Crippen molar-refractivity contribution >= 4 is 16.3 Å². The van der Waals surface area contributed by atoms with Gasteiger partial charge in [0, 0.05) is 6.42 Å². The molecule has 1 saturated heterocycles. The molecule has 1 fully saturated rings. The van der Waals surface area contributed by atoms with E-state index in [2.05, 4.69) is 35.5 Å². The Morgan fingerprint density at radius 1 is 0.527 bits per heavy atom. The zero-order chi connectivity index (χ0) is 54.0. The van der Waals surface area contributed by atoms with Gasteiger partial charge in [0.1, 0.15) is 24.4 Å². The van der Waals surface area contributed by atoms with Crippen LogP contribution in [0.5, 0.6) is 0 Å². The molecule has 0 bridgehead atoms. The summed E-state index contributed by atoms with van der Waals surface area (Å²) >= 11 is 0. The van der Waals surface area contributed by atoms with Gasteiger partial charge in [0.05, 0.1) is 25.4 Å². The molecule has 12 nitrogen and oxygen atoms in total. The molecule has 0 radical (unpaired) electrons. The number of nitrogens with one attached hydrogen (secondary N) is 1. The Morgan fingerprint density at radius 2 is 0.865 bits per heavy atom. The summed E-state index contributed by atoms with van der Waals surface area (Å²) in [7, 11) is -5.08. The second kappa shape index (κ2) is 51.3. The molecule has 1 heterocycles. The lowest BCUT2D eigenvalue weighted by molar-refractivity contribution is -0.298. The Labute approximate surface area is 455 Å². The predicted molar refractivity (Wildman–Crippen MR) is 306 cm³/mol. The molecule has 13 heteroatoms. The summed E-state index contributed by atoms with van der Waals surface area (Å²) in [5.41, 5.74) is 0. The standard InChI is InChI=1S/C61H119NO11S/c1-3-5-7-9-11-13-15-17-18-19-20-21-22-23-24-25-26-27-28-29-30-31-32-33-34-35-36-37-38-39-41-43-45-47-49-51-57(65)62-54(55(64)50-48-46-44-42-40-16-14-12-10-8-6-4-2)53-71-61-59(67)60(73-74(68,69)70)58(66)56(52-63)72-61/h25-26,54-56,58-61,63-64,66-67H,3-24,27-53H2,1-2H3,(H,62,65)(H,68,69,70)/b26-25-. The average Bonchev–Trinajstić information content (AvgIpc) is 3.38. The topological polar surface area (TPSA) is 192 Å². The largest absolute Gasteiger partial charge is 0.397 e. The first-order valence-electron chi connectivity index (χ1n) is 31.6. The lowest BCUT2D eigenvalue weighted by atomic mass is 9.99. The van der Waals surface area contributed by atoms with Gasteiger partial charge in [-0.25, -0.2) is 4.18 Å². The highest BCUT2D eigenvalue weighted by atomic mass is 32.3. The van der Waals surface area contributed by atoms with Crippen LogP contribution < -0.4 is 5.32 Å². The van der Waals surface area contributed by atoms with Crippen molar-refractivity contribution in [2.45, 2.75) is 358 Å². The highest BCUT2D eigenvalue weighted by Gasteiger charge is 2.48. The zero-order valence-corrected chi connectivity index (χ0v) is 48.8. The maximum atomic E-state index is 13.1. The molecule has 7 atom stereocenters. The number of unbranched alkanes of at least 4 members (excludes halogenated alkanes) is 42. The molecular formula is C61H119NO11S. The molecule has 0 aromatic carbocycles. The number of hydrogen-bond acceptors (Lipinski definition) is 10. The Kier molecular flexibility index (Phi) is 49.1. The van der Waals surface area contributed by atoms with Gasteiger partial charge in [-0.2, -0.15) is 8.42 Å². The monoisotopic (exact) mass is 1070 g/mol. The van der Waals surface area contributed by atoms with Crippen LogP contribution in [-0.4, -0.2) is 95.4 Å². The number of carbonyl (C=O) groups is 1. The van der Waals surface area contributed by atoms with Crippen LogP contribution in [0.15, 0.2) is 12.2 Å². The van der Waals surface area contributed by atoms with Gasteiger partial charge in [-0.15, -0.1) is 0 Å². The van der Waals surface area contributed by atoms with E-state index in [1.54, 1.807) is 0 Å². The lowest BCUT2D eigenvalue weighted by Crippen LogP contribution is -2.61. The maximum Gasteiger partial charge on any atom is 0.397 e. The van der Waals surface area contributed by atoms with Crippen LogP contribution >= 0.6 is 0 Å². The van der Waals surface area contributed by atoms with Crippen molar-refractivity contribution in [2.75, 3.05) is 13.2 Å².